The fourth-order valence-electron chi connectivity index (χ4n) is 1.06. The van der Waals surface area contributed by atoms with Crippen molar-refractivity contribution >= 4 is 5.69 Å². The van der Waals surface area contributed by atoms with Gasteiger partial charge in [0.1, 0.15) is 6.07 Å². The van der Waals surface area contributed by atoms with Gasteiger partial charge in [0.25, 0.3) is 0 Å². The zero-order valence-corrected chi connectivity index (χ0v) is 8.31. The van der Waals surface area contributed by atoms with E-state index in [1.54, 1.807) is 18.5 Å². The van der Waals surface area contributed by atoms with E-state index < -0.39 is 0 Å². The molecule has 0 amide bonds. The van der Waals surface area contributed by atoms with Gasteiger partial charge in [-0.2, -0.15) is 5.26 Å². The summed E-state index contributed by atoms with van der Waals surface area (Å²) in [6.45, 7) is 1.43. The molecule has 0 fully saturated rings. The number of pyridine rings is 1. The van der Waals surface area contributed by atoms with Gasteiger partial charge in [0.15, 0.2) is 0 Å². The number of hydrogen-bond donors (Lipinski definition) is 2. The molecule has 0 aliphatic carbocycles. The second-order valence-corrected chi connectivity index (χ2v) is 2.80. The highest BCUT2D eigenvalue weighted by Crippen LogP contribution is 2.10. The zero-order chi connectivity index (χ0) is 10.9. The topological polar surface area (TPSA) is 78.2 Å². The van der Waals surface area contributed by atoms with Gasteiger partial charge in [-0.15, -0.1) is 0 Å². The molecule has 1 rings (SSSR count). The lowest BCUT2D eigenvalue weighted by atomic mass is 10.2. The van der Waals surface area contributed by atoms with E-state index in [1.807, 2.05) is 0 Å². The Morgan fingerprint density at radius 2 is 2.40 bits per heavy atom. The van der Waals surface area contributed by atoms with E-state index >= 15 is 0 Å². The van der Waals surface area contributed by atoms with Crippen LogP contribution < -0.4 is 5.32 Å². The summed E-state index contributed by atoms with van der Waals surface area (Å²) in [5.74, 6) is 0. The van der Waals surface area contributed by atoms with Crippen molar-refractivity contribution in [2.24, 2.45) is 0 Å². The number of aliphatic hydroxyl groups excluding tert-OH is 1. The molecule has 1 aromatic rings. The average molecular weight is 207 g/mol. The van der Waals surface area contributed by atoms with Crippen molar-refractivity contribution in [3.05, 3.63) is 24.0 Å². The number of aromatic nitrogens is 1. The van der Waals surface area contributed by atoms with Gasteiger partial charge < -0.3 is 15.2 Å². The lowest BCUT2D eigenvalue weighted by Gasteiger charge is -2.07. The third-order valence-electron chi connectivity index (χ3n) is 1.74. The van der Waals surface area contributed by atoms with Crippen LogP contribution in [0.3, 0.4) is 0 Å². The van der Waals surface area contributed by atoms with Crippen LogP contribution in [-0.4, -0.2) is 36.5 Å². The fraction of sp³-hybridized carbons (Fsp3) is 0.400. The highest BCUT2D eigenvalue weighted by atomic mass is 16.5. The molecule has 0 radical (unpaired) electrons. The highest BCUT2D eigenvalue weighted by molar-refractivity contribution is 5.55. The van der Waals surface area contributed by atoms with Crippen LogP contribution in [-0.2, 0) is 4.74 Å². The Hall–Kier alpha value is -1.64. The van der Waals surface area contributed by atoms with Crippen LogP contribution >= 0.6 is 0 Å². The molecule has 0 aromatic carbocycles. The first-order valence-electron chi connectivity index (χ1n) is 4.65. The maximum absolute atomic E-state index is 8.78. The molecule has 0 aliphatic rings. The summed E-state index contributed by atoms with van der Waals surface area (Å²) in [5, 5.41) is 20.3. The third kappa shape index (κ3) is 3.94. The lowest BCUT2D eigenvalue weighted by molar-refractivity contribution is 0.0992. The normalized spacial score (nSPS) is 9.60. The van der Waals surface area contributed by atoms with E-state index in [9.17, 15) is 0 Å². The first-order chi connectivity index (χ1) is 7.38. The first kappa shape index (κ1) is 11.4. The van der Waals surface area contributed by atoms with Gasteiger partial charge in [0.2, 0.25) is 0 Å². The maximum atomic E-state index is 8.78. The molecule has 0 spiro atoms. The Bertz CT molecular complexity index is 336. The van der Waals surface area contributed by atoms with E-state index in [2.05, 4.69) is 16.4 Å². The molecule has 80 valence electrons. The van der Waals surface area contributed by atoms with Crippen LogP contribution in [0.5, 0.6) is 0 Å². The van der Waals surface area contributed by atoms with E-state index in [4.69, 9.17) is 15.1 Å². The average Bonchev–Trinajstić information content (AvgIpc) is 2.29. The maximum Gasteiger partial charge on any atom is 0.101 e. The number of ether oxygens (including phenoxy) is 1. The summed E-state index contributed by atoms with van der Waals surface area (Å²) in [6, 6.07) is 3.71. The standard InChI is InChI=1S/C10H13N3O2/c11-7-9-1-2-12-8-10(9)13-3-5-15-6-4-14/h1-2,8,13-14H,3-6H2. The summed E-state index contributed by atoms with van der Waals surface area (Å²) in [6.07, 6.45) is 3.18. The molecule has 5 heteroatoms. The van der Waals surface area contributed by atoms with Crippen LogP contribution in [0.2, 0.25) is 0 Å². The molecule has 0 atom stereocenters. The number of anilines is 1. The zero-order valence-electron chi connectivity index (χ0n) is 8.31. The second-order valence-electron chi connectivity index (χ2n) is 2.80. The number of nitrogens with zero attached hydrogens (tertiary/aromatic N) is 2. The van der Waals surface area contributed by atoms with Crippen LogP contribution in [0.4, 0.5) is 5.69 Å². The Morgan fingerprint density at radius 1 is 1.53 bits per heavy atom. The van der Waals surface area contributed by atoms with Crippen molar-refractivity contribution in [1.29, 1.82) is 5.26 Å². The molecule has 0 aliphatic heterocycles. The third-order valence-corrected chi connectivity index (χ3v) is 1.74. The van der Waals surface area contributed by atoms with Crippen molar-refractivity contribution < 1.29 is 9.84 Å². The summed E-state index contributed by atoms with van der Waals surface area (Å²) < 4.78 is 5.06. The summed E-state index contributed by atoms with van der Waals surface area (Å²) in [5.41, 5.74) is 1.26. The number of aliphatic hydroxyl groups is 1. The van der Waals surface area contributed by atoms with Gasteiger partial charge >= 0.3 is 0 Å². The number of nitriles is 1. The van der Waals surface area contributed by atoms with Crippen LogP contribution in [0.1, 0.15) is 5.56 Å². The molecule has 0 bridgehead atoms. The second kappa shape index (κ2) is 6.76. The van der Waals surface area contributed by atoms with Gasteiger partial charge in [-0.05, 0) is 6.07 Å². The van der Waals surface area contributed by atoms with Crippen LogP contribution in [0, 0.1) is 11.3 Å². The number of nitrogens with one attached hydrogen (secondary N) is 1. The largest absolute Gasteiger partial charge is 0.394 e. The Balaban J connectivity index is 2.34. The van der Waals surface area contributed by atoms with Gasteiger partial charge in [-0.1, -0.05) is 0 Å². The molecule has 0 unspecified atom stereocenters. The smallest absolute Gasteiger partial charge is 0.101 e. The van der Waals surface area contributed by atoms with E-state index in [0.717, 1.165) is 0 Å². The monoisotopic (exact) mass is 207 g/mol. The molecule has 0 saturated carbocycles. The Kier molecular flexibility index (Phi) is 5.15. The van der Waals surface area contributed by atoms with Gasteiger partial charge in [-0.3, -0.25) is 4.98 Å². The lowest BCUT2D eigenvalue weighted by Crippen LogP contribution is -2.12. The van der Waals surface area contributed by atoms with Crippen molar-refractivity contribution in [2.75, 3.05) is 31.7 Å². The summed E-state index contributed by atoms with van der Waals surface area (Å²) in [4.78, 5) is 3.91. The minimum Gasteiger partial charge on any atom is -0.394 e. The SMILES string of the molecule is N#Cc1ccncc1NCCOCCO. The molecular weight excluding hydrogens is 194 g/mol. The van der Waals surface area contributed by atoms with E-state index in [-0.39, 0.29) is 6.61 Å². The minimum atomic E-state index is 0.0241. The van der Waals surface area contributed by atoms with Crippen molar-refractivity contribution in [3.8, 4) is 6.07 Å². The molecule has 0 saturated heterocycles. The molecule has 1 heterocycles. The first-order valence-corrected chi connectivity index (χ1v) is 4.65. The summed E-state index contributed by atoms with van der Waals surface area (Å²) in [7, 11) is 0. The quantitative estimate of drug-likeness (QED) is 0.659. The molecular formula is C10H13N3O2. The molecule has 15 heavy (non-hydrogen) atoms. The van der Waals surface area contributed by atoms with Crippen LogP contribution in [0.25, 0.3) is 0 Å². The molecule has 5 nitrogen and oxygen atoms in total. The fourth-order valence-corrected chi connectivity index (χ4v) is 1.06. The van der Waals surface area contributed by atoms with Crippen molar-refractivity contribution in [3.63, 3.8) is 0 Å². The van der Waals surface area contributed by atoms with E-state index in [1.165, 1.54) is 0 Å². The Labute approximate surface area is 88.3 Å². The number of rotatable bonds is 6. The van der Waals surface area contributed by atoms with Gasteiger partial charge in [0, 0.05) is 12.7 Å². The molecule has 1 aromatic heterocycles. The highest BCUT2D eigenvalue weighted by Gasteiger charge is 1.99. The Morgan fingerprint density at radius 3 is 3.13 bits per heavy atom. The summed E-state index contributed by atoms with van der Waals surface area (Å²) >= 11 is 0. The van der Waals surface area contributed by atoms with Gasteiger partial charge in [0.05, 0.1) is 37.3 Å². The minimum absolute atomic E-state index is 0.0241. The van der Waals surface area contributed by atoms with Crippen LogP contribution in [0.15, 0.2) is 18.5 Å². The van der Waals surface area contributed by atoms with Gasteiger partial charge in [-0.25, -0.2) is 0 Å². The molecule has 2 N–H and O–H groups in total. The predicted octanol–water partition coefficient (Wildman–Crippen LogP) is 0.374. The van der Waals surface area contributed by atoms with E-state index in [0.29, 0.717) is 31.0 Å². The number of hydrogen-bond acceptors (Lipinski definition) is 5. The van der Waals surface area contributed by atoms with Crippen molar-refractivity contribution in [1.82, 2.24) is 4.98 Å². The predicted molar refractivity (Wildman–Crippen MR) is 55.3 cm³/mol. The van der Waals surface area contributed by atoms with Crippen molar-refractivity contribution in [2.45, 2.75) is 0 Å².